The summed E-state index contributed by atoms with van der Waals surface area (Å²) in [5.41, 5.74) is 11.1. The van der Waals surface area contributed by atoms with Gasteiger partial charge in [-0.2, -0.15) is 0 Å². The van der Waals surface area contributed by atoms with Gasteiger partial charge >= 0.3 is 5.16 Å². The molecule has 0 aliphatic carbocycles. The van der Waals surface area contributed by atoms with Gasteiger partial charge in [0.25, 0.3) is 5.91 Å². The lowest BCUT2D eigenvalue weighted by Crippen LogP contribution is -2.75. The van der Waals surface area contributed by atoms with E-state index < -0.39 is 34.6 Å². The maximum atomic E-state index is 12.9. The minimum atomic E-state index is -1.36. The number of β-lactam (4-membered cyclic amide) rings is 1. The lowest BCUT2D eigenvalue weighted by Gasteiger charge is -2.55. The summed E-state index contributed by atoms with van der Waals surface area (Å²) < 4.78 is 1.30. The minimum absolute atomic E-state index is 0.0564. The van der Waals surface area contributed by atoms with Crippen LogP contribution in [0.4, 0.5) is 10.9 Å². The van der Waals surface area contributed by atoms with Gasteiger partial charge in [-0.1, -0.05) is 12.1 Å². The van der Waals surface area contributed by atoms with E-state index in [1.165, 1.54) is 28.4 Å². The maximum absolute atomic E-state index is 12.9. The van der Waals surface area contributed by atoms with E-state index in [1.54, 1.807) is 11.6 Å². The molecule has 2 saturated heterocycles. The Kier molecular flexibility index (Phi) is 7.65. The summed E-state index contributed by atoms with van der Waals surface area (Å²) in [4.78, 5) is 52.5. The second-order valence-electron chi connectivity index (χ2n) is 8.36. The third kappa shape index (κ3) is 5.10. The van der Waals surface area contributed by atoms with E-state index in [-0.39, 0.29) is 34.6 Å². The van der Waals surface area contributed by atoms with Gasteiger partial charge in [-0.15, -0.1) is 27.8 Å². The van der Waals surface area contributed by atoms with Crippen molar-refractivity contribution in [3.63, 3.8) is 0 Å². The Morgan fingerprint density at radius 2 is 2.19 bits per heavy atom. The number of nitrogens with one attached hydrogen (secondary N) is 1. The molecule has 4 heterocycles. The van der Waals surface area contributed by atoms with Crippen LogP contribution in [-0.4, -0.2) is 74.9 Å². The Morgan fingerprint density at radius 3 is 2.81 bits per heavy atom. The smallest absolute Gasteiger partial charge is 0.384 e. The maximum Gasteiger partial charge on any atom is 0.384 e. The Labute approximate surface area is 224 Å². The molecule has 2 unspecified atom stereocenters. The quantitative estimate of drug-likeness (QED) is 0.0472. The van der Waals surface area contributed by atoms with Gasteiger partial charge in [-0.25, -0.2) is 4.98 Å². The molecule has 4 rings (SSSR count). The standard InChI is InChI=1S/C20H25N9O5S3/c1-3-9-4-29(23)19(26-13(9)21)37-8-20(17(32)33)6-28-15(31)12(16(28)36-7-20)25-14(30)11(27-34-2)10-5-35-18(22)24-10/h4-5,12,16,21H,3,6-8,23H2,1-2H3,(H4,22,24,25,30,32,33)/t12?,16-,20?/m1/s1. The number of amides is 2. The number of thioether (sulfide) groups is 2. The third-order valence-electron chi connectivity index (χ3n) is 5.95. The predicted octanol–water partition coefficient (Wildman–Crippen LogP) is -2.45. The highest BCUT2D eigenvalue weighted by Gasteiger charge is 2.56. The number of oxime groups is 1. The first kappa shape index (κ1) is 26.7. The number of hydrogen-bond donors (Lipinski definition) is 4. The first-order valence-corrected chi connectivity index (χ1v) is 13.9. The van der Waals surface area contributed by atoms with Crippen LogP contribution < -0.4 is 32.4 Å². The van der Waals surface area contributed by atoms with Gasteiger partial charge in [-0.3, -0.25) is 15.4 Å². The largest absolute Gasteiger partial charge is 0.549 e. The zero-order valence-electron chi connectivity index (χ0n) is 19.9. The number of anilines is 2. The molecule has 0 aromatic carbocycles. The second kappa shape index (κ2) is 10.6. The number of carboxylic acids is 1. The number of aromatic nitrogens is 3. The number of carbonyl (C=O) groups excluding carboxylic acids is 3. The number of nitrogens with zero attached hydrogens (tertiary/aromatic N) is 5. The summed E-state index contributed by atoms with van der Waals surface area (Å²) in [6.07, 6.45) is 2.29. The van der Waals surface area contributed by atoms with E-state index in [1.807, 2.05) is 6.92 Å². The molecule has 37 heavy (non-hydrogen) atoms. The number of hydrogen-bond acceptors (Lipinski definition) is 14. The number of nitrogens with two attached hydrogens (primary N) is 3. The monoisotopic (exact) mass is 567 g/mol. The Morgan fingerprint density at radius 1 is 1.43 bits per heavy atom. The number of thiazole rings is 1. The van der Waals surface area contributed by atoms with E-state index in [4.69, 9.17) is 22.1 Å². The van der Waals surface area contributed by atoms with Crippen molar-refractivity contribution >= 4 is 69.3 Å². The SMILES string of the molecule is CCc1c[n+](N)c(SCC2(C(=O)[O-])CS[C@@H]3C(NC(=O)C(=NOC)c4csc(N)n4)C(=O)N3C2)nc1N. The summed E-state index contributed by atoms with van der Waals surface area (Å²) >= 11 is 3.50. The van der Waals surface area contributed by atoms with E-state index >= 15 is 0 Å². The van der Waals surface area contributed by atoms with E-state index in [2.05, 4.69) is 20.4 Å². The van der Waals surface area contributed by atoms with Gasteiger partial charge in [-0.05, 0) is 23.2 Å². The van der Waals surface area contributed by atoms with Crippen molar-refractivity contribution in [2.24, 2.45) is 10.6 Å². The van der Waals surface area contributed by atoms with Crippen molar-refractivity contribution in [2.45, 2.75) is 29.9 Å². The van der Waals surface area contributed by atoms with Crippen LogP contribution in [-0.2, 0) is 25.6 Å². The Hall–Kier alpha value is -3.31. The Balaban J connectivity index is 1.44. The van der Waals surface area contributed by atoms with Gasteiger partial charge in [0.1, 0.15) is 30.4 Å². The molecule has 2 aliphatic heterocycles. The summed E-state index contributed by atoms with van der Waals surface area (Å²) in [5, 5.41) is 20.3. The highest BCUT2D eigenvalue weighted by Crippen LogP contribution is 2.43. The van der Waals surface area contributed by atoms with E-state index in [9.17, 15) is 19.5 Å². The summed E-state index contributed by atoms with van der Waals surface area (Å²) in [6.45, 7) is 1.83. The molecule has 0 spiro atoms. The number of rotatable bonds is 9. The number of carbonyl (C=O) groups is 3. The number of aryl methyl sites for hydroxylation is 1. The van der Waals surface area contributed by atoms with Crippen molar-refractivity contribution in [1.29, 1.82) is 0 Å². The number of carboxylic acid groups (broad SMARTS) is 1. The third-order valence-corrected chi connectivity index (χ3v) is 9.46. The summed E-state index contributed by atoms with van der Waals surface area (Å²) in [6, 6.07) is -0.864. The molecule has 7 N–H and O–H groups in total. The molecule has 2 fully saturated rings. The van der Waals surface area contributed by atoms with Crippen molar-refractivity contribution in [3.05, 3.63) is 22.8 Å². The van der Waals surface area contributed by atoms with Crippen LogP contribution in [0.1, 0.15) is 18.2 Å². The fourth-order valence-corrected chi connectivity index (χ4v) is 7.20. The minimum Gasteiger partial charge on any atom is -0.549 e. The van der Waals surface area contributed by atoms with Crippen molar-refractivity contribution < 1.29 is 29.0 Å². The van der Waals surface area contributed by atoms with Crippen LogP contribution in [0.5, 0.6) is 0 Å². The molecular weight excluding hydrogens is 542 g/mol. The number of fused-ring (bicyclic) bond motifs is 1. The van der Waals surface area contributed by atoms with Gasteiger partial charge in [0.05, 0.1) is 11.5 Å². The highest BCUT2D eigenvalue weighted by atomic mass is 32.2. The van der Waals surface area contributed by atoms with Crippen LogP contribution in [0.2, 0.25) is 0 Å². The van der Waals surface area contributed by atoms with Crippen molar-refractivity contribution in [1.82, 2.24) is 20.2 Å². The van der Waals surface area contributed by atoms with Crippen LogP contribution in [0, 0.1) is 5.41 Å². The van der Waals surface area contributed by atoms with Gasteiger partial charge in [0, 0.05) is 28.8 Å². The van der Waals surface area contributed by atoms with Crippen LogP contribution in [0.3, 0.4) is 0 Å². The lowest BCUT2D eigenvalue weighted by atomic mass is 9.89. The normalized spacial score (nSPS) is 23.2. The van der Waals surface area contributed by atoms with Crippen LogP contribution in [0.15, 0.2) is 21.9 Å². The first-order chi connectivity index (χ1) is 17.6. The average Bonchev–Trinajstić information content (AvgIpc) is 3.31. The first-order valence-electron chi connectivity index (χ1n) is 11.0. The molecule has 198 valence electrons. The molecule has 0 saturated carbocycles. The molecule has 17 heteroatoms. The number of aliphatic carboxylic acids is 1. The zero-order chi connectivity index (χ0) is 26.9. The average molecular weight is 568 g/mol. The van der Waals surface area contributed by atoms with Crippen molar-refractivity contribution in [3.8, 4) is 0 Å². The van der Waals surface area contributed by atoms with Crippen LogP contribution in [0.25, 0.3) is 0 Å². The van der Waals surface area contributed by atoms with E-state index in [0.29, 0.717) is 17.4 Å². The molecule has 0 radical (unpaired) electrons. The predicted molar refractivity (Wildman–Crippen MR) is 136 cm³/mol. The lowest BCUT2D eigenvalue weighted by molar-refractivity contribution is -0.682. The fraction of sp³-hybridized carbons (Fsp3) is 0.450. The molecule has 2 aromatic heterocycles. The van der Waals surface area contributed by atoms with Crippen LogP contribution >= 0.6 is 34.9 Å². The van der Waals surface area contributed by atoms with Gasteiger partial charge < -0.3 is 36.4 Å². The van der Waals surface area contributed by atoms with Crippen molar-refractivity contribution in [2.75, 3.05) is 42.5 Å². The molecule has 0 bridgehead atoms. The molecule has 14 nitrogen and oxygen atoms in total. The topological polar surface area (TPSA) is 219 Å². The van der Waals surface area contributed by atoms with Gasteiger partial charge in [0.15, 0.2) is 10.8 Å². The summed E-state index contributed by atoms with van der Waals surface area (Å²) in [7, 11) is 1.28. The zero-order valence-corrected chi connectivity index (χ0v) is 22.3. The highest BCUT2D eigenvalue weighted by molar-refractivity contribution is 8.00. The fourth-order valence-electron chi connectivity index (χ4n) is 3.90. The summed E-state index contributed by atoms with van der Waals surface area (Å²) in [5.74, 6) is 4.17. The van der Waals surface area contributed by atoms with E-state index in [0.717, 1.165) is 28.7 Å². The Bertz CT molecular complexity index is 1270. The molecule has 2 aliphatic rings. The number of nitrogen functional groups attached to an aromatic ring is 3. The molecular formula is C20H25N9O5S3. The molecule has 3 atom stereocenters. The molecule has 2 aromatic rings. The molecule has 2 amide bonds. The second-order valence-corrected chi connectivity index (χ2v) is 11.3. The van der Waals surface area contributed by atoms with Gasteiger partial charge in [0.2, 0.25) is 11.7 Å².